The average Bonchev–Trinajstić information content (AvgIpc) is 3.16. The van der Waals surface area contributed by atoms with Gasteiger partial charge < -0.3 is 15.1 Å². The van der Waals surface area contributed by atoms with Gasteiger partial charge in [-0.2, -0.15) is 0 Å². The standard InChI is InChI=1S/C27H29N3O2S/c1-16-2-4-20(5-3-16)25-29-22-11-21(6-7-23(22)32-25)28-26(33)30-24(31)15-27-12-17-8-18(13-27)10-19(9-17)14-27/h2-7,11,17-19H,8-10,12-15H2,1H3,(H2,28,30,31,33). The summed E-state index contributed by atoms with van der Waals surface area (Å²) in [4.78, 5) is 17.5. The minimum Gasteiger partial charge on any atom is -0.436 e. The molecule has 4 fully saturated rings. The van der Waals surface area contributed by atoms with Crippen molar-refractivity contribution in [3.05, 3.63) is 48.0 Å². The van der Waals surface area contributed by atoms with E-state index in [1.54, 1.807) is 0 Å². The molecule has 4 aliphatic carbocycles. The number of hydrogen-bond donors (Lipinski definition) is 2. The van der Waals surface area contributed by atoms with E-state index in [9.17, 15) is 4.79 Å². The molecular weight excluding hydrogens is 430 g/mol. The van der Waals surface area contributed by atoms with Crippen molar-refractivity contribution in [1.29, 1.82) is 0 Å². The lowest BCUT2D eigenvalue weighted by molar-refractivity contribution is -0.127. The predicted octanol–water partition coefficient (Wildman–Crippen LogP) is 6.22. The van der Waals surface area contributed by atoms with Crippen LogP contribution < -0.4 is 10.6 Å². The molecule has 1 amide bonds. The smallest absolute Gasteiger partial charge is 0.227 e. The highest BCUT2D eigenvalue weighted by molar-refractivity contribution is 7.80. The molecule has 0 radical (unpaired) electrons. The molecule has 0 atom stereocenters. The number of aromatic nitrogens is 1. The van der Waals surface area contributed by atoms with E-state index >= 15 is 0 Å². The molecule has 5 nitrogen and oxygen atoms in total. The molecule has 1 heterocycles. The van der Waals surface area contributed by atoms with Gasteiger partial charge in [0.1, 0.15) is 5.52 Å². The number of aryl methyl sites for hydroxylation is 1. The van der Waals surface area contributed by atoms with Crippen molar-refractivity contribution in [2.75, 3.05) is 5.32 Å². The second-order valence-electron chi connectivity index (χ2n) is 10.7. The van der Waals surface area contributed by atoms with Gasteiger partial charge in [0.05, 0.1) is 0 Å². The van der Waals surface area contributed by atoms with Crippen molar-refractivity contribution < 1.29 is 9.21 Å². The van der Waals surface area contributed by atoms with Gasteiger partial charge in [0.15, 0.2) is 10.7 Å². The summed E-state index contributed by atoms with van der Waals surface area (Å²) in [5.74, 6) is 3.15. The van der Waals surface area contributed by atoms with Crippen LogP contribution in [0.1, 0.15) is 50.5 Å². The second kappa shape index (κ2) is 7.94. The molecule has 2 N–H and O–H groups in total. The van der Waals surface area contributed by atoms with E-state index in [2.05, 4.69) is 22.5 Å². The summed E-state index contributed by atoms with van der Waals surface area (Å²) in [5.41, 5.74) is 4.59. The number of thiocarbonyl (C=S) groups is 1. The topological polar surface area (TPSA) is 67.2 Å². The molecule has 170 valence electrons. The third-order valence-corrected chi connectivity index (χ3v) is 8.10. The van der Waals surface area contributed by atoms with Crippen LogP contribution in [0.5, 0.6) is 0 Å². The first kappa shape index (κ1) is 20.8. The molecule has 7 rings (SSSR count). The van der Waals surface area contributed by atoms with E-state index in [1.807, 2.05) is 42.5 Å². The maximum atomic E-state index is 12.9. The zero-order valence-electron chi connectivity index (χ0n) is 18.9. The molecule has 0 aliphatic heterocycles. The van der Waals surface area contributed by atoms with Gasteiger partial charge >= 0.3 is 0 Å². The van der Waals surface area contributed by atoms with Crippen LogP contribution in [0, 0.1) is 30.1 Å². The molecule has 0 spiro atoms. The summed E-state index contributed by atoms with van der Waals surface area (Å²) in [6, 6.07) is 13.8. The third-order valence-electron chi connectivity index (χ3n) is 7.90. The highest BCUT2D eigenvalue weighted by Gasteiger charge is 2.51. The molecule has 33 heavy (non-hydrogen) atoms. The second-order valence-corrected chi connectivity index (χ2v) is 11.1. The third kappa shape index (κ3) is 4.17. The van der Waals surface area contributed by atoms with Gasteiger partial charge in [-0.05, 0) is 111 Å². The maximum Gasteiger partial charge on any atom is 0.227 e. The van der Waals surface area contributed by atoms with E-state index in [0.717, 1.165) is 34.5 Å². The van der Waals surface area contributed by atoms with Crippen LogP contribution in [0.4, 0.5) is 5.69 Å². The number of amides is 1. The van der Waals surface area contributed by atoms with Gasteiger partial charge in [0.2, 0.25) is 11.8 Å². The normalized spacial score (nSPS) is 27.6. The molecule has 4 aliphatic rings. The number of rotatable bonds is 4. The van der Waals surface area contributed by atoms with Gasteiger partial charge in [-0.15, -0.1) is 0 Å². The Hall–Kier alpha value is -2.73. The van der Waals surface area contributed by atoms with Gasteiger partial charge in [-0.25, -0.2) is 4.98 Å². The monoisotopic (exact) mass is 459 g/mol. The van der Waals surface area contributed by atoms with E-state index in [0.29, 0.717) is 23.0 Å². The van der Waals surface area contributed by atoms with Gasteiger partial charge in [0.25, 0.3) is 0 Å². The minimum absolute atomic E-state index is 0.0404. The first-order valence-corrected chi connectivity index (χ1v) is 12.4. The number of nitrogens with one attached hydrogen (secondary N) is 2. The summed E-state index contributed by atoms with van der Waals surface area (Å²) in [6.45, 7) is 2.05. The number of oxazole rings is 1. The van der Waals surface area contributed by atoms with Gasteiger partial charge in [-0.1, -0.05) is 17.7 Å². The van der Waals surface area contributed by atoms with Crippen LogP contribution in [0.25, 0.3) is 22.6 Å². The van der Waals surface area contributed by atoms with Crippen molar-refractivity contribution in [2.45, 2.75) is 51.9 Å². The number of hydrogen-bond acceptors (Lipinski definition) is 4. The van der Waals surface area contributed by atoms with E-state index in [1.165, 1.54) is 44.1 Å². The highest BCUT2D eigenvalue weighted by atomic mass is 32.1. The van der Waals surface area contributed by atoms with E-state index in [4.69, 9.17) is 16.6 Å². The summed E-state index contributed by atoms with van der Waals surface area (Å²) in [5, 5.41) is 6.41. The Balaban J connectivity index is 1.10. The van der Waals surface area contributed by atoms with Crippen LogP contribution in [0.2, 0.25) is 0 Å². The lowest BCUT2D eigenvalue weighted by atomic mass is 9.49. The van der Waals surface area contributed by atoms with Gasteiger partial charge in [-0.3, -0.25) is 4.79 Å². The van der Waals surface area contributed by atoms with Crippen LogP contribution in [-0.2, 0) is 4.79 Å². The molecule has 4 bridgehead atoms. The van der Waals surface area contributed by atoms with Gasteiger partial charge in [0, 0.05) is 17.7 Å². The molecule has 1 aromatic heterocycles. The maximum absolute atomic E-state index is 12.9. The number of anilines is 1. The molecule has 0 saturated heterocycles. The van der Waals surface area contributed by atoms with Crippen LogP contribution in [0.3, 0.4) is 0 Å². The molecule has 6 heteroatoms. The Kier molecular flexibility index (Phi) is 5.02. The van der Waals surface area contributed by atoms with E-state index in [-0.39, 0.29) is 11.3 Å². The highest BCUT2D eigenvalue weighted by Crippen LogP contribution is 2.61. The average molecular weight is 460 g/mol. The Labute approximate surface area is 199 Å². The Bertz CT molecular complexity index is 1190. The molecular formula is C27H29N3O2S. The summed E-state index contributed by atoms with van der Waals surface area (Å²) >= 11 is 5.45. The van der Waals surface area contributed by atoms with Crippen molar-refractivity contribution >= 4 is 40.0 Å². The number of carbonyl (C=O) groups excluding carboxylic acids is 1. The van der Waals surface area contributed by atoms with Crippen LogP contribution in [-0.4, -0.2) is 16.0 Å². The largest absolute Gasteiger partial charge is 0.436 e. The zero-order chi connectivity index (χ0) is 22.6. The van der Waals surface area contributed by atoms with Crippen LogP contribution in [0.15, 0.2) is 46.9 Å². The van der Waals surface area contributed by atoms with Crippen molar-refractivity contribution in [3.63, 3.8) is 0 Å². The Morgan fingerprint density at radius 2 is 1.73 bits per heavy atom. The SMILES string of the molecule is Cc1ccc(-c2nc3cc(NC(=S)NC(=O)CC45CC6CC(CC(C6)C4)C5)ccc3o2)cc1. The lowest BCUT2D eigenvalue weighted by Crippen LogP contribution is -2.48. The van der Waals surface area contributed by atoms with Crippen molar-refractivity contribution in [1.82, 2.24) is 10.3 Å². The minimum atomic E-state index is 0.0404. The fourth-order valence-electron chi connectivity index (χ4n) is 7.01. The summed E-state index contributed by atoms with van der Waals surface area (Å²) < 4.78 is 5.91. The lowest BCUT2D eigenvalue weighted by Gasteiger charge is -2.56. The summed E-state index contributed by atoms with van der Waals surface area (Å²) in [6.07, 6.45) is 8.42. The van der Waals surface area contributed by atoms with Crippen molar-refractivity contribution in [2.24, 2.45) is 23.2 Å². The Morgan fingerprint density at radius 3 is 2.39 bits per heavy atom. The number of fused-ring (bicyclic) bond motifs is 1. The number of carbonyl (C=O) groups is 1. The van der Waals surface area contributed by atoms with E-state index < -0.39 is 0 Å². The zero-order valence-corrected chi connectivity index (χ0v) is 19.7. The van der Waals surface area contributed by atoms with Crippen molar-refractivity contribution in [3.8, 4) is 11.5 Å². The number of benzene rings is 2. The first-order chi connectivity index (χ1) is 15.9. The van der Waals surface area contributed by atoms with Crippen LogP contribution >= 0.6 is 12.2 Å². The fraction of sp³-hybridized carbons (Fsp3) is 0.444. The quantitative estimate of drug-likeness (QED) is 0.453. The predicted molar refractivity (Wildman–Crippen MR) is 134 cm³/mol. The molecule has 3 aromatic rings. The first-order valence-electron chi connectivity index (χ1n) is 12.0. The summed E-state index contributed by atoms with van der Waals surface area (Å²) in [7, 11) is 0. The number of nitrogens with zero attached hydrogens (tertiary/aromatic N) is 1. The molecule has 0 unspecified atom stereocenters. The molecule has 4 saturated carbocycles. The molecule has 2 aromatic carbocycles. The Morgan fingerprint density at radius 1 is 1.06 bits per heavy atom. The fourth-order valence-corrected chi connectivity index (χ4v) is 7.24.